The lowest BCUT2D eigenvalue weighted by Crippen LogP contribution is -2.38. The van der Waals surface area contributed by atoms with Crippen LogP contribution in [0.15, 0.2) is 27.7 Å². The molecular weight excluding hydrogens is 398 g/mol. The number of aryl methyl sites for hydroxylation is 2. The molecule has 9 nitrogen and oxygen atoms in total. The first-order valence-electron chi connectivity index (χ1n) is 10.8. The van der Waals surface area contributed by atoms with Gasteiger partial charge in [-0.05, 0) is 25.5 Å². The van der Waals surface area contributed by atoms with E-state index in [1.54, 1.807) is 6.21 Å². The van der Waals surface area contributed by atoms with Crippen molar-refractivity contribution in [3.05, 3.63) is 35.2 Å². The molecule has 2 fully saturated rings. The third-order valence-corrected chi connectivity index (χ3v) is 5.48. The maximum Gasteiger partial charge on any atom is 0.215 e. The van der Waals surface area contributed by atoms with Gasteiger partial charge in [-0.2, -0.15) is 5.10 Å². The summed E-state index contributed by atoms with van der Waals surface area (Å²) in [7, 11) is 0. The molecule has 0 saturated carbocycles. The van der Waals surface area contributed by atoms with E-state index in [0.29, 0.717) is 18.4 Å². The van der Waals surface area contributed by atoms with Crippen molar-refractivity contribution < 1.29 is 18.6 Å². The highest BCUT2D eigenvalue weighted by Gasteiger charge is 2.15. The Kier molecular flexibility index (Phi) is 7.39. The van der Waals surface area contributed by atoms with Crippen LogP contribution in [0.25, 0.3) is 0 Å². The predicted molar refractivity (Wildman–Crippen MR) is 119 cm³/mol. The minimum atomic E-state index is 0.583. The van der Waals surface area contributed by atoms with Gasteiger partial charge in [-0.15, -0.1) is 0 Å². The van der Waals surface area contributed by atoms with Crippen LogP contribution in [0.1, 0.15) is 17.0 Å². The Morgan fingerprint density at radius 3 is 2.52 bits per heavy atom. The second-order valence-electron chi connectivity index (χ2n) is 7.71. The van der Waals surface area contributed by atoms with Crippen molar-refractivity contribution in [2.75, 3.05) is 76.1 Å². The average Bonchev–Trinajstić information content (AvgIpc) is 3.12. The van der Waals surface area contributed by atoms with Crippen LogP contribution in [-0.4, -0.2) is 81.9 Å². The van der Waals surface area contributed by atoms with Crippen molar-refractivity contribution in [1.29, 1.82) is 0 Å². The zero-order chi connectivity index (χ0) is 21.5. The highest BCUT2D eigenvalue weighted by molar-refractivity contribution is 5.79. The number of nitrogens with zero attached hydrogens (tertiary/aromatic N) is 4. The molecule has 2 saturated heterocycles. The molecule has 2 aromatic rings. The smallest absolute Gasteiger partial charge is 0.215 e. The van der Waals surface area contributed by atoms with Crippen LogP contribution in [0, 0.1) is 13.8 Å². The molecule has 4 rings (SSSR count). The van der Waals surface area contributed by atoms with Gasteiger partial charge in [-0.25, -0.2) is 10.4 Å². The second kappa shape index (κ2) is 10.6. The lowest BCUT2D eigenvalue weighted by Gasteiger charge is -2.29. The quantitative estimate of drug-likeness (QED) is 0.505. The number of rotatable bonds is 8. The molecule has 9 heteroatoms. The van der Waals surface area contributed by atoms with Crippen molar-refractivity contribution in [3.8, 4) is 5.88 Å². The molecule has 31 heavy (non-hydrogen) atoms. The molecule has 0 bridgehead atoms. The number of pyridine rings is 1. The molecular formula is C22H31N5O4. The first-order valence-corrected chi connectivity index (χ1v) is 10.8. The monoisotopic (exact) mass is 429 g/mol. The van der Waals surface area contributed by atoms with Crippen LogP contribution in [0.2, 0.25) is 0 Å². The Hall–Kier alpha value is -2.62. The van der Waals surface area contributed by atoms with E-state index >= 15 is 0 Å². The zero-order valence-electron chi connectivity index (χ0n) is 18.3. The number of anilines is 2. The molecule has 0 unspecified atom stereocenters. The number of aromatic nitrogens is 1. The van der Waals surface area contributed by atoms with Crippen LogP contribution in [0.4, 0.5) is 11.6 Å². The van der Waals surface area contributed by atoms with Crippen molar-refractivity contribution >= 4 is 17.8 Å². The van der Waals surface area contributed by atoms with Gasteiger partial charge in [0, 0.05) is 50.5 Å². The average molecular weight is 430 g/mol. The molecule has 4 heterocycles. The summed E-state index contributed by atoms with van der Waals surface area (Å²) in [6.45, 7) is 12.0. The number of morpholine rings is 2. The summed E-state index contributed by atoms with van der Waals surface area (Å²) in [6, 6.07) is 5.93. The van der Waals surface area contributed by atoms with Gasteiger partial charge in [0.05, 0.1) is 38.3 Å². The van der Waals surface area contributed by atoms with Gasteiger partial charge < -0.3 is 23.5 Å². The van der Waals surface area contributed by atoms with E-state index in [-0.39, 0.29) is 0 Å². The summed E-state index contributed by atoms with van der Waals surface area (Å²) >= 11 is 0. The van der Waals surface area contributed by atoms with Gasteiger partial charge in [0.1, 0.15) is 12.4 Å². The van der Waals surface area contributed by atoms with Crippen LogP contribution < -0.4 is 15.1 Å². The maximum atomic E-state index is 6.01. The van der Waals surface area contributed by atoms with Gasteiger partial charge in [0.15, 0.2) is 0 Å². The molecule has 0 amide bonds. The van der Waals surface area contributed by atoms with Crippen molar-refractivity contribution in [3.63, 3.8) is 0 Å². The van der Waals surface area contributed by atoms with Crippen LogP contribution in [0.3, 0.4) is 0 Å². The minimum absolute atomic E-state index is 0.583. The molecule has 0 aliphatic carbocycles. The summed E-state index contributed by atoms with van der Waals surface area (Å²) in [5.74, 6) is 2.09. The highest BCUT2D eigenvalue weighted by Crippen LogP contribution is 2.22. The normalized spacial score (nSPS) is 17.9. The minimum Gasteiger partial charge on any atom is -0.476 e. The summed E-state index contributed by atoms with van der Waals surface area (Å²) in [5, 5.41) is 4.30. The number of ether oxygens (including phenoxy) is 3. The number of furan rings is 1. The molecule has 0 aromatic carbocycles. The molecule has 2 aromatic heterocycles. The number of nitrogens with one attached hydrogen (secondary N) is 1. The topological polar surface area (TPSA) is 84.6 Å². The van der Waals surface area contributed by atoms with Crippen molar-refractivity contribution in [2.45, 2.75) is 13.8 Å². The Morgan fingerprint density at radius 2 is 1.81 bits per heavy atom. The second-order valence-corrected chi connectivity index (χ2v) is 7.71. The highest BCUT2D eigenvalue weighted by atomic mass is 16.5. The van der Waals surface area contributed by atoms with Crippen molar-refractivity contribution in [1.82, 2.24) is 9.88 Å². The summed E-state index contributed by atoms with van der Waals surface area (Å²) in [6.07, 6.45) is 1.69. The number of hydrazone groups is 1. The van der Waals surface area contributed by atoms with Crippen molar-refractivity contribution in [2.24, 2.45) is 5.10 Å². The van der Waals surface area contributed by atoms with E-state index in [1.807, 2.05) is 32.0 Å². The SMILES string of the molecule is Cc1cc(N/N=C\c2cc(N3CCOCC3)cc(OCCN3CCOCC3)n2)oc1C. The zero-order valence-corrected chi connectivity index (χ0v) is 18.3. The molecule has 0 atom stereocenters. The lowest BCUT2D eigenvalue weighted by atomic mass is 10.2. The number of hydrogen-bond donors (Lipinski definition) is 1. The Balaban J connectivity index is 1.43. The number of hydrogen-bond acceptors (Lipinski definition) is 9. The van der Waals surface area contributed by atoms with E-state index in [9.17, 15) is 0 Å². The fourth-order valence-corrected chi connectivity index (χ4v) is 3.55. The van der Waals surface area contributed by atoms with Gasteiger partial charge >= 0.3 is 0 Å². The molecule has 2 aliphatic heterocycles. The van der Waals surface area contributed by atoms with E-state index < -0.39 is 0 Å². The van der Waals surface area contributed by atoms with E-state index in [0.717, 1.165) is 81.9 Å². The molecule has 168 valence electrons. The van der Waals surface area contributed by atoms with E-state index in [1.165, 1.54) is 0 Å². The van der Waals surface area contributed by atoms with Crippen LogP contribution in [0.5, 0.6) is 5.88 Å². The first kappa shape index (κ1) is 21.6. The van der Waals surface area contributed by atoms with Gasteiger partial charge in [0.2, 0.25) is 11.8 Å². The van der Waals surface area contributed by atoms with E-state index in [4.69, 9.17) is 18.6 Å². The Morgan fingerprint density at radius 1 is 1.06 bits per heavy atom. The third-order valence-electron chi connectivity index (χ3n) is 5.48. The van der Waals surface area contributed by atoms with Gasteiger partial charge in [-0.3, -0.25) is 4.90 Å². The third kappa shape index (κ3) is 6.19. The van der Waals surface area contributed by atoms with Gasteiger partial charge in [0.25, 0.3) is 0 Å². The summed E-state index contributed by atoms with van der Waals surface area (Å²) < 4.78 is 22.5. The van der Waals surface area contributed by atoms with E-state index in [2.05, 4.69) is 25.3 Å². The Labute approximate surface area is 183 Å². The summed E-state index contributed by atoms with van der Waals surface area (Å²) in [5.41, 5.74) is 5.79. The summed E-state index contributed by atoms with van der Waals surface area (Å²) in [4.78, 5) is 9.25. The molecule has 0 spiro atoms. The van der Waals surface area contributed by atoms with Crippen LogP contribution >= 0.6 is 0 Å². The molecule has 0 radical (unpaired) electrons. The van der Waals surface area contributed by atoms with Crippen LogP contribution in [-0.2, 0) is 9.47 Å². The maximum absolute atomic E-state index is 6.01. The van der Waals surface area contributed by atoms with Gasteiger partial charge in [-0.1, -0.05) is 0 Å². The predicted octanol–water partition coefficient (Wildman–Crippen LogP) is 2.29. The fraction of sp³-hybridized carbons (Fsp3) is 0.545. The molecule has 2 aliphatic rings. The standard InChI is InChI=1S/C22H31N5O4/c1-17-13-22(31-18(17)2)25-23-16-19-14-20(27-6-10-29-11-7-27)15-21(24-19)30-12-5-26-3-8-28-9-4-26/h13-16,25H,3-12H2,1-2H3/b23-16-. The fourth-order valence-electron chi connectivity index (χ4n) is 3.55. The Bertz CT molecular complexity index is 853. The largest absolute Gasteiger partial charge is 0.476 e. The lowest BCUT2D eigenvalue weighted by molar-refractivity contribution is 0.0320. The molecule has 1 N–H and O–H groups in total. The first-order chi connectivity index (χ1) is 15.2.